The van der Waals surface area contributed by atoms with Gasteiger partial charge in [-0.15, -0.1) is 0 Å². The number of benzene rings is 1. The van der Waals surface area contributed by atoms with E-state index < -0.39 is 0 Å². The van der Waals surface area contributed by atoms with Crippen molar-refractivity contribution in [2.75, 3.05) is 20.3 Å². The Balaban J connectivity index is 2.14. The molecule has 1 aromatic carbocycles. The maximum atomic E-state index is 6.10. The maximum absolute atomic E-state index is 6.10. The summed E-state index contributed by atoms with van der Waals surface area (Å²) in [7, 11) is 1.75. The van der Waals surface area contributed by atoms with Gasteiger partial charge in [0.15, 0.2) is 0 Å². The summed E-state index contributed by atoms with van der Waals surface area (Å²) in [5, 5.41) is 3.56. The Kier molecular flexibility index (Phi) is 6.02. The van der Waals surface area contributed by atoms with Gasteiger partial charge >= 0.3 is 0 Å². The molecule has 1 N–H and O–H groups in total. The zero-order chi connectivity index (χ0) is 14.4. The molecule has 0 aliphatic carbocycles. The highest BCUT2D eigenvalue weighted by Crippen LogP contribution is 2.35. The average molecular weight is 277 g/mol. The standard InChI is InChI=1S/C17H27NO2/c1-13(2)18-11-14-8-6-10-20-17(14)16-9-5-4-7-15(16)12-19-3/h4-5,7,9,13-14,17-18H,6,8,10-12H2,1-3H3. The second-order valence-electron chi connectivity index (χ2n) is 5.89. The van der Waals surface area contributed by atoms with E-state index in [1.807, 2.05) is 0 Å². The fraction of sp³-hybridized carbons (Fsp3) is 0.647. The van der Waals surface area contributed by atoms with E-state index in [-0.39, 0.29) is 6.10 Å². The van der Waals surface area contributed by atoms with Crippen LogP contribution in [0.2, 0.25) is 0 Å². The number of ether oxygens (including phenoxy) is 2. The van der Waals surface area contributed by atoms with Crippen LogP contribution in [-0.4, -0.2) is 26.3 Å². The summed E-state index contributed by atoms with van der Waals surface area (Å²) in [6, 6.07) is 9.02. The van der Waals surface area contributed by atoms with Gasteiger partial charge in [0.05, 0.1) is 12.7 Å². The Morgan fingerprint density at radius 2 is 2.15 bits per heavy atom. The van der Waals surface area contributed by atoms with Gasteiger partial charge in [0, 0.05) is 32.2 Å². The van der Waals surface area contributed by atoms with Crippen molar-refractivity contribution < 1.29 is 9.47 Å². The first-order valence-electron chi connectivity index (χ1n) is 7.64. The molecule has 1 saturated heterocycles. The van der Waals surface area contributed by atoms with Crippen LogP contribution in [0.3, 0.4) is 0 Å². The lowest BCUT2D eigenvalue weighted by atomic mass is 9.87. The van der Waals surface area contributed by atoms with Gasteiger partial charge in [-0.2, -0.15) is 0 Å². The molecule has 0 saturated carbocycles. The molecule has 1 aliphatic rings. The Morgan fingerprint density at radius 1 is 1.35 bits per heavy atom. The molecule has 3 nitrogen and oxygen atoms in total. The largest absolute Gasteiger partial charge is 0.380 e. The molecule has 0 amide bonds. The molecule has 1 fully saturated rings. The highest BCUT2D eigenvalue weighted by Gasteiger charge is 2.28. The smallest absolute Gasteiger partial charge is 0.0868 e. The third kappa shape index (κ3) is 4.05. The molecule has 1 aliphatic heterocycles. The van der Waals surface area contributed by atoms with E-state index in [9.17, 15) is 0 Å². The fourth-order valence-electron chi connectivity index (χ4n) is 2.88. The van der Waals surface area contributed by atoms with E-state index in [1.54, 1.807) is 7.11 Å². The zero-order valence-electron chi connectivity index (χ0n) is 12.9. The van der Waals surface area contributed by atoms with Gasteiger partial charge in [0.25, 0.3) is 0 Å². The van der Waals surface area contributed by atoms with Crippen molar-refractivity contribution in [1.82, 2.24) is 5.32 Å². The SMILES string of the molecule is COCc1ccccc1C1OCCCC1CNC(C)C. The van der Waals surface area contributed by atoms with Gasteiger partial charge in [-0.25, -0.2) is 0 Å². The highest BCUT2D eigenvalue weighted by molar-refractivity contribution is 5.29. The van der Waals surface area contributed by atoms with E-state index >= 15 is 0 Å². The van der Waals surface area contributed by atoms with Crippen LogP contribution in [-0.2, 0) is 16.1 Å². The Morgan fingerprint density at radius 3 is 2.90 bits per heavy atom. The molecule has 0 bridgehead atoms. The summed E-state index contributed by atoms with van der Waals surface area (Å²) in [5.74, 6) is 0.546. The molecule has 1 heterocycles. The summed E-state index contributed by atoms with van der Waals surface area (Å²) in [5.41, 5.74) is 2.54. The highest BCUT2D eigenvalue weighted by atomic mass is 16.5. The molecule has 3 heteroatoms. The van der Waals surface area contributed by atoms with Crippen molar-refractivity contribution in [2.45, 2.75) is 45.4 Å². The minimum absolute atomic E-state index is 0.196. The van der Waals surface area contributed by atoms with Crippen LogP contribution in [0.25, 0.3) is 0 Å². The van der Waals surface area contributed by atoms with Crippen LogP contribution in [0.1, 0.15) is 43.9 Å². The molecular formula is C17H27NO2. The minimum Gasteiger partial charge on any atom is -0.380 e. The number of methoxy groups -OCH3 is 1. The van der Waals surface area contributed by atoms with Gasteiger partial charge in [0.1, 0.15) is 0 Å². The number of rotatable bonds is 6. The monoisotopic (exact) mass is 277 g/mol. The summed E-state index contributed by atoms with van der Waals surface area (Å²) in [6.07, 6.45) is 2.58. The van der Waals surface area contributed by atoms with E-state index in [4.69, 9.17) is 9.47 Å². The second-order valence-corrected chi connectivity index (χ2v) is 5.89. The predicted octanol–water partition coefficient (Wildman–Crippen LogP) is 3.30. The van der Waals surface area contributed by atoms with Gasteiger partial charge < -0.3 is 14.8 Å². The molecular weight excluding hydrogens is 250 g/mol. The topological polar surface area (TPSA) is 30.5 Å². The van der Waals surface area contributed by atoms with Crippen molar-refractivity contribution >= 4 is 0 Å². The minimum atomic E-state index is 0.196. The van der Waals surface area contributed by atoms with E-state index in [0.717, 1.165) is 19.6 Å². The van der Waals surface area contributed by atoms with Crippen molar-refractivity contribution in [3.8, 4) is 0 Å². The van der Waals surface area contributed by atoms with Gasteiger partial charge in [-0.3, -0.25) is 0 Å². The van der Waals surface area contributed by atoms with Crippen LogP contribution < -0.4 is 5.32 Å². The first-order chi connectivity index (χ1) is 9.72. The summed E-state index contributed by atoms with van der Waals surface area (Å²) in [4.78, 5) is 0. The lowest BCUT2D eigenvalue weighted by Crippen LogP contribution is -2.35. The third-order valence-electron chi connectivity index (χ3n) is 3.89. The maximum Gasteiger partial charge on any atom is 0.0868 e. The Hall–Kier alpha value is -0.900. The van der Waals surface area contributed by atoms with Crippen molar-refractivity contribution in [3.05, 3.63) is 35.4 Å². The first kappa shape index (κ1) is 15.5. The number of hydrogen-bond donors (Lipinski definition) is 1. The van der Waals surface area contributed by atoms with Gasteiger partial charge in [-0.1, -0.05) is 38.1 Å². The molecule has 2 atom stereocenters. The average Bonchev–Trinajstić information content (AvgIpc) is 2.46. The number of nitrogens with one attached hydrogen (secondary N) is 1. The Bertz CT molecular complexity index is 406. The molecule has 0 radical (unpaired) electrons. The quantitative estimate of drug-likeness (QED) is 0.865. The molecule has 2 unspecified atom stereocenters. The predicted molar refractivity (Wildman–Crippen MR) is 81.7 cm³/mol. The van der Waals surface area contributed by atoms with Crippen LogP contribution in [0.15, 0.2) is 24.3 Å². The zero-order valence-corrected chi connectivity index (χ0v) is 12.9. The van der Waals surface area contributed by atoms with E-state index in [0.29, 0.717) is 18.6 Å². The molecule has 2 rings (SSSR count). The fourth-order valence-corrected chi connectivity index (χ4v) is 2.88. The van der Waals surface area contributed by atoms with Crippen molar-refractivity contribution in [3.63, 3.8) is 0 Å². The third-order valence-corrected chi connectivity index (χ3v) is 3.89. The van der Waals surface area contributed by atoms with Crippen molar-refractivity contribution in [2.24, 2.45) is 5.92 Å². The summed E-state index contributed by atoms with van der Waals surface area (Å²) in [6.45, 7) is 6.92. The lowest BCUT2D eigenvalue weighted by Gasteiger charge is -2.34. The van der Waals surface area contributed by atoms with Gasteiger partial charge in [0.2, 0.25) is 0 Å². The van der Waals surface area contributed by atoms with Crippen LogP contribution in [0.4, 0.5) is 0 Å². The summed E-state index contributed by atoms with van der Waals surface area (Å²) >= 11 is 0. The van der Waals surface area contributed by atoms with Crippen LogP contribution in [0, 0.1) is 5.92 Å². The molecule has 0 spiro atoms. The van der Waals surface area contributed by atoms with E-state index in [1.165, 1.54) is 17.5 Å². The lowest BCUT2D eigenvalue weighted by molar-refractivity contribution is -0.0293. The van der Waals surface area contributed by atoms with Crippen LogP contribution >= 0.6 is 0 Å². The molecule has 0 aromatic heterocycles. The second kappa shape index (κ2) is 7.77. The number of hydrogen-bond acceptors (Lipinski definition) is 3. The Labute approximate surface area is 122 Å². The molecule has 20 heavy (non-hydrogen) atoms. The normalized spacial score (nSPS) is 23.2. The van der Waals surface area contributed by atoms with Crippen LogP contribution in [0.5, 0.6) is 0 Å². The summed E-state index contributed by atoms with van der Waals surface area (Å²) < 4.78 is 11.4. The van der Waals surface area contributed by atoms with Crippen molar-refractivity contribution in [1.29, 1.82) is 0 Å². The van der Waals surface area contributed by atoms with Gasteiger partial charge in [-0.05, 0) is 24.0 Å². The first-order valence-corrected chi connectivity index (χ1v) is 7.64. The molecule has 1 aromatic rings. The van der Waals surface area contributed by atoms with E-state index in [2.05, 4.69) is 43.4 Å². The molecule has 112 valence electrons.